The summed E-state index contributed by atoms with van der Waals surface area (Å²) in [7, 11) is 0. The van der Waals surface area contributed by atoms with E-state index in [0.717, 1.165) is 18.5 Å². The number of nitrogens with one attached hydrogen (secondary N) is 1. The summed E-state index contributed by atoms with van der Waals surface area (Å²) in [4.78, 5) is 19.9. The summed E-state index contributed by atoms with van der Waals surface area (Å²) in [5, 5.41) is 3.02. The van der Waals surface area contributed by atoms with E-state index in [2.05, 4.69) is 15.3 Å². The number of nitrogens with zero attached hydrogens (tertiary/aromatic N) is 3. The minimum atomic E-state index is -0.299. The second-order valence-corrected chi connectivity index (χ2v) is 3.64. The molecule has 2 rings (SSSR count). The van der Waals surface area contributed by atoms with Gasteiger partial charge in [0.2, 0.25) is 5.95 Å². The highest BCUT2D eigenvalue weighted by Gasteiger charge is 2.04. The molecule has 1 N–H and O–H groups in total. The third kappa shape index (κ3) is 1.88. The first-order valence-electron chi connectivity index (χ1n) is 5.32. The summed E-state index contributed by atoms with van der Waals surface area (Å²) < 4.78 is 1.45. The van der Waals surface area contributed by atoms with Crippen molar-refractivity contribution in [3.8, 4) is 0 Å². The number of aromatic nitrogens is 3. The first kappa shape index (κ1) is 10.6. The molecule has 2 heterocycles. The smallest absolute Gasteiger partial charge is 0.354 e. The van der Waals surface area contributed by atoms with Crippen LogP contribution in [0, 0.1) is 6.92 Å². The van der Waals surface area contributed by atoms with Crippen molar-refractivity contribution < 1.29 is 0 Å². The van der Waals surface area contributed by atoms with Crippen molar-refractivity contribution in [1.82, 2.24) is 14.4 Å². The normalized spacial score (nSPS) is 10.6. The molecule has 0 aliphatic heterocycles. The predicted molar refractivity (Wildman–Crippen MR) is 62.8 cm³/mol. The molecule has 0 aliphatic carbocycles. The maximum absolute atomic E-state index is 11.7. The predicted octanol–water partition coefficient (Wildman–Crippen LogP) is 1.22. The second kappa shape index (κ2) is 4.30. The van der Waals surface area contributed by atoms with Gasteiger partial charge >= 0.3 is 5.69 Å². The summed E-state index contributed by atoms with van der Waals surface area (Å²) in [6.45, 7) is 4.74. The average molecular weight is 218 g/mol. The summed E-state index contributed by atoms with van der Waals surface area (Å²) in [5.41, 5.74) is 1.31. The van der Waals surface area contributed by atoms with E-state index >= 15 is 0 Å². The molecule has 0 saturated heterocycles. The van der Waals surface area contributed by atoms with Crippen LogP contribution in [0.5, 0.6) is 0 Å². The zero-order valence-corrected chi connectivity index (χ0v) is 9.40. The lowest BCUT2D eigenvalue weighted by molar-refractivity contribution is 0.902. The van der Waals surface area contributed by atoms with E-state index in [4.69, 9.17) is 0 Å². The Bertz CT molecular complexity index is 561. The average Bonchev–Trinajstić information content (AvgIpc) is 2.28. The molecular weight excluding hydrogens is 204 g/mol. The molecule has 0 aromatic carbocycles. The fraction of sp³-hybridized carbons (Fsp3) is 0.364. The molecule has 16 heavy (non-hydrogen) atoms. The van der Waals surface area contributed by atoms with Crippen LogP contribution in [0.1, 0.15) is 18.9 Å². The fourth-order valence-electron chi connectivity index (χ4n) is 1.49. The van der Waals surface area contributed by atoms with Crippen molar-refractivity contribution in [1.29, 1.82) is 0 Å². The largest absolute Gasteiger partial charge is 0.356 e. The van der Waals surface area contributed by atoms with Crippen LogP contribution in [0.25, 0.3) is 5.65 Å². The number of aryl methyl sites for hydroxylation is 1. The van der Waals surface area contributed by atoms with Crippen LogP contribution >= 0.6 is 0 Å². The minimum Gasteiger partial charge on any atom is -0.354 e. The summed E-state index contributed by atoms with van der Waals surface area (Å²) >= 11 is 0. The molecule has 0 atom stereocenters. The van der Waals surface area contributed by atoms with E-state index in [9.17, 15) is 4.79 Å². The molecule has 0 aliphatic rings. The highest BCUT2D eigenvalue weighted by molar-refractivity contribution is 5.48. The van der Waals surface area contributed by atoms with E-state index in [1.54, 1.807) is 6.20 Å². The number of hydrogen-bond donors (Lipinski definition) is 1. The summed E-state index contributed by atoms with van der Waals surface area (Å²) in [6.07, 6.45) is 2.64. The number of pyridine rings is 1. The molecular formula is C11H14N4O. The van der Waals surface area contributed by atoms with Gasteiger partial charge in [-0.3, -0.25) is 4.40 Å². The lowest BCUT2D eigenvalue weighted by Crippen LogP contribution is -2.21. The van der Waals surface area contributed by atoms with Gasteiger partial charge in [-0.1, -0.05) is 13.0 Å². The van der Waals surface area contributed by atoms with Crippen LogP contribution in [0.15, 0.2) is 23.1 Å². The molecule has 2 aromatic heterocycles. The van der Waals surface area contributed by atoms with Gasteiger partial charge in [-0.25, -0.2) is 4.79 Å². The molecule has 0 saturated carbocycles. The monoisotopic (exact) mass is 218 g/mol. The fourth-order valence-corrected chi connectivity index (χ4v) is 1.49. The molecule has 0 fully saturated rings. The third-order valence-corrected chi connectivity index (χ3v) is 2.31. The molecule has 0 spiro atoms. The SMILES string of the molecule is CCCNc1nc(=O)n2cccc(C)c2n1. The minimum absolute atomic E-state index is 0.299. The Kier molecular flexibility index (Phi) is 2.85. The van der Waals surface area contributed by atoms with E-state index in [-0.39, 0.29) is 5.69 Å². The van der Waals surface area contributed by atoms with Crippen LogP contribution in [-0.2, 0) is 0 Å². The maximum atomic E-state index is 11.7. The van der Waals surface area contributed by atoms with Crippen LogP contribution < -0.4 is 11.0 Å². The molecule has 0 bridgehead atoms. The van der Waals surface area contributed by atoms with Crippen molar-refractivity contribution in [2.24, 2.45) is 0 Å². The van der Waals surface area contributed by atoms with Gasteiger partial charge in [0.15, 0.2) is 0 Å². The molecule has 0 unspecified atom stereocenters. The van der Waals surface area contributed by atoms with Gasteiger partial charge in [-0.15, -0.1) is 0 Å². The Morgan fingerprint density at radius 3 is 3.00 bits per heavy atom. The van der Waals surface area contributed by atoms with E-state index in [0.29, 0.717) is 11.6 Å². The number of rotatable bonds is 3. The van der Waals surface area contributed by atoms with E-state index < -0.39 is 0 Å². The Hall–Kier alpha value is -1.91. The number of hydrogen-bond acceptors (Lipinski definition) is 4. The van der Waals surface area contributed by atoms with E-state index in [1.165, 1.54) is 4.40 Å². The zero-order chi connectivity index (χ0) is 11.5. The van der Waals surface area contributed by atoms with Gasteiger partial charge in [0.1, 0.15) is 5.65 Å². The number of fused-ring (bicyclic) bond motifs is 1. The lowest BCUT2D eigenvalue weighted by atomic mass is 10.3. The first-order valence-corrected chi connectivity index (χ1v) is 5.32. The highest BCUT2D eigenvalue weighted by atomic mass is 16.1. The van der Waals surface area contributed by atoms with Gasteiger partial charge in [-0.05, 0) is 25.0 Å². The third-order valence-electron chi connectivity index (χ3n) is 2.31. The lowest BCUT2D eigenvalue weighted by Gasteiger charge is -2.05. The van der Waals surface area contributed by atoms with Crippen LogP contribution in [0.4, 0.5) is 5.95 Å². The van der Waals surface area contributed by atoms with Gasteiger partial charge in [0, 0.05) is 12.7 Å². The standard InChI is InChI=1S/C11H14N4O/c1-3-6-12-10-13-9-8(2)5-4-7-15(9)11(16)14-10/h4-5,7H,3,6H2,1-2H3,(H,12,14,16). The van der Waals surface area contributed by atoms with Crippen LogP contribution in [0.2, 0.25) is 0 Å². The Morgan fingerprint density at radius 2 is 2.25 bits per heavy atom. The number of anilines is 1. The summed E-state index contributed by atoms with van der Waals surface area (Å²) in [6, 6.07) is 3.73. The topological polar surface area (TPSA) is 59.3 Å². The second-order valence-electron chi connectivity index (χ2n) is 3.64. The Morgan fingerprint density at radius 1 is 1.44 bits per heavy atom. The summed E-state index contributed by atoms with van der Waals surface area (Å²) in [5.74, 6) is 0.404. The molecule has 0 amide bonds. The van der Waals surface area contributed by atoms with Crippen molar-refractivity contribution in [2.45, 2.75) is 20.3 Å². The molecule has 0 radical (unpaired) electrons. The first-order chi connectivity index (χ1) is 7.72. The molecule has 5 nitrogen and oxygen atoms in total. The van der Waals surface area contributed by atoms with Gasteiger partial charge in [0.05, 0.1) is 0 Å². The highest BCUT2D eigenvalue weighted by Crippen LogP contribution is 2.05. The molecule has 2 aromatic rings. The Labute approximate surface area is 93.2 Å². The molecule has 5 heteroatoms. The van der Waals surface area contributed by atoms with Crippen LogP contribution in [0.3, 0.4) is 0 Å². The Balaban J connectivity index is 2.57. The van der Waals surface area contributed by atoms with Crippen LogP contribution in [-0.4, -0.2) is 20.9 Å². The van der Waals surface area contributed by atoms with E-state index in [1.807, 2.05) is 26.0 Å². The van der Waals surface area contributed by atoms with Crippen molar-refractivity contribution in [3.63, 3.8) is 0 Å². The van der Waals surface area contributed by atoms with Crippen molar-refractivity contribution in [3.05, 3.63) is 34.4 Å². The maximum Gasteiger partial charge on any atom is 0.356 e. The van der Waals surface area contributed by atoms with Gasteiger partial charge in [-0.2, -0.15) is 9.97 Å². The van der Waals surface area contributed by atoms with Crippen molar-refractivity contribution >= 4 is 11.6 Å². The van der Waals surface area contributed by atoms with Crippen molar-refractivity contribution in [2.75, 3.05) is 11.9 Å². The van der Waals surface area contributed by atoms with Gasteiger partial charge < -0.3 is 5.32 Å². The molecule has 84 valence electrons. The quantitative estimate of drug-likeness (QED) is 0.841. The van der Waals surface area contributed by atoms with Gasteiger partial charge in [0.25, 0.3) is 0 Å². The zero-order valence-electron chi connectivity index (χ0n) is 9.40.